The highest BCUT2D eigenvalue weighted by Gasteiger charge is 1.99. The maximum absolute atomic E-state index is 12.5. The molecule has 1 atom stereocenters. The third kappa shape index (κ3) is 2.91. The lowest BCUT2D eigenvalue weighted by atomic mass is 10.4. The van der Waals surface area contributed by atoms with E-state index in [0.717, 1.165) is 4.90 Å². The van der Waals surface area contributed by atoms with Gasteiger partial charge in [0, 0.05) is 4.90 Å². The van der Waals surface area contributed by atoms with E-state index >= 15 is 0 Å². The Balaban J connectivity index is 2.71. The average Bonchev–Trinajstić information content (AvgIpc) is 1.85. The number of aliphatic hydroxyl groups is 1. The van der Waals surface area contributed by atoms with Crippen LogP contribution in [0.25, 0.3) is 0 Å². The predicted molar refractivity (Wildman–Crippen MR) is 43.9 cm³/mol. The molecule has 1 aromatic rings. The molecule has 0 bridgehead atoms. The van der Waals surface area contributed by atoms with Crippen LogP contribution in [-0.4, -0.2) is 10.5 Å². The van der Waals surface area contributed by atoms with E-state index in [4.69, 9.17) is 5.11 Å². The van der Waals surface area contributed by atoms with Gasteiger partial charge in [0.25, 0.3) is 0 Å². The topological polar surface area (TPSA) is 20.2 Å². The molecule has 60 valence electrons. The van der Waals surface area contributed by atoms with Crippen LogP contribution >= 0.6 is 11.8 Å². The zero-order valence-electron chi connectivity index (χ0n) is 6.12. The van der Waals surface area contributed by atoms with Gasteiger partial charge in [-0.25, -0.2) is 4.39 Å². The molecular weight excluding hydrogens is 163 g/mol. The summed E-state index contributed by atoms with van der Waals surface area (Å²) in [6.45, 7) is 1.65. The van der Waals surface area contributed by atoms with Crippen molar-refractivity contribution in [2.45, 2.75) is 17.3 Å². The number of rotatable bonds is 2. The van der Waals surface area contributed by atoms with Crippen LogP contribution in [0.4, 0.5) is 4.39 Å². The fourth-order valence-electron chi connectivity index (χ4n) is 0.737. The average molecular weight is 172 g/mol. The molecule has 0 amide bonds. The number of hydrogen-bond acceptors (Lipinski definition) is 2. The van der Waals surface area contributed by atoms with E-state index < -0.39 is 5.44 Å². The van der Waals surface area contributed by atoms with Gasteiger partial charge in [-0.1, -0.05) is 17.8 Å². The zero-order valence-corrected chi connectivity index (χ0v) is 6.94. The summed E-state index contributed by atoms with van der Waals surface area (Å²) in [5, 5.41) is 8.94. The van der Waals surface area contributed by atoms with Gasteiger partial charge in [-0.2, -0.15) is 0 Å². The van der Waals surface area contributed by atoms with Crippen LogP contribution in [0.1, 0.15) is 6.92 Å². The molecule has 0 aliphatic carbocycles. The molecule has 0 heterocycles. The highest BCUT2D eigenvalue weighted by atomic mass is 32.2. The molecule has 1 N–H and O–H groups in total. The second-order valence-corrected chi connectivity index (χ2v) is 3.56. The largest absolute Gasteiger partial charge is 0.382 e. The van der Waals surface area contributed by atoms with Gasteiger partial charge in [0.15, 0.2) is 0 Å². The fourth-order valence-corrected chi connectivity index (χ4v) is 1.47. The van der Waals surface area contributed by atoms with Crippen molar-refractivity contribution in [1.29, 1.82) is 0 Å². The van der Waals surface area contributed by atoms with Gasteiger partial charge in [-0.15, -0.1) is 0 Å². The second-order valence-electron chi connectivity index (χ2n) is 2.17. The molecule has 1 rings (SSSR count). The Morgan fingerprint density at radius 1 is 1.55 bits per heavy atom. The number of halogens is 1. The van der Waals surface area contributed by atoms with Gasteiger partial charge in [0.05, 0.1) is 0 Å². The third-order valence-electron chi connectivity index (χ3n) is 1.10. The third-order valence-corrected chi connectivity index (χ3v) is 1.97. The Morgan fingerprint density at radius 3 is 2.82 bits per heavy atom. The van der Waals surface area contributed by atoms with Crippen LogP contribution in [0.5, 0.6) is 0 Å². The van der Waals surface area contributed by atoms with Crippen LogP contribution in [0.2, 0.25) is 0 Å². The number of benzene rings is 1. The maximum Gasteiger partial charge on any atom is 0.124 e. The van der Waals surface area contributed by atoms with Gasteiger partial charge in [-0.3, -0.25) is 0 Å². The lowest BCUT2D eigenvalue weighted by molar-refractivity contribution is 0.284. The normalized spacial score (nSPS) is 13.0. The first-order valence-electron chi connectivity index (χ1n) is 3.29. The minimum atomic E-state index is -0.489. The van der Waals surface area contributed by atoms with E-state index in [1.54, 1.807) is 19.1 Å². The smallest absolute Gasteiger partial charge is 0.124 e. The standard InChI is InChI=1S/C8H9FOS/c1-6(10)11-8-4-2-3-7(9)5-8/h2-6,10H,1H3. The first kappa shape index (κ1) is 8.56. The summed E-state index contributed by atoms with van der Waals surface area (Å²) in [6, 6.07) is 6.17. The van der Waals surface area contributed by atoms with Gasteiger partial charge >= 0.3 is 0 Å². The zero-order chi connectivity index (χ0) is 8.27. The van der Waals surface area contributed by atoms with Crippen molar-refractivity contribution in [2.24, 2.45) is 0 Å². The van der Waals surface area contributed by atoms with Crippen LogP contribution in [0.3, 0.4) is 0 Å². The number of aliphatic hydroxyl groups excluding tert-OH is 1. The van der Waals surface area contributed by atoms with Crippen molar-refractivity contribution in [2.75, 3.05) is 0 Å². The van der Waals surface area contributed by atoms with Crippen molar-refractivity contribution < 1.29 is 9.50 Å². The lowest BCUT2D eigenvalue weighted by Gasteiger charge is -2.02. The Hall–Kier alpha value is -0.540. The van der Waals surface area contributed by atoms with E-state index in [0.29, 0.717) is 0 Å². The van der Waals surface area contributed by atoms with E-state index in [1.165, 1.54) is 23.9 Å². The molecule has 0 aliphatic rings. The fraction of sp³-hybridized carbons (Fsp3) is 0.250. The minimum absolute atomic E-state index is 0.268. The van der Waals surface area contributed by atoms with Gasteiger partial charge in [0.1, 0.15) is 11.3 Å². The summed E-state index contributed by atoms with van der Waals surface area (Å²) in [7, 11) is 0. The number of thioether (sulfide) groups is 1. The second kappa shape index (κ2) is 3.74. The van der Waals surface area contributed by atoms with Gasteiger partial charge in [0.2, 0.25) is 0 Å². The maximum atomic E-state index is 12.5. The quantitative estimate of drug-likeness (QED) is 0.545. The lowest BCUT2D eigenvalue weighted by Crippen LogP contribution is -1.90. The van der Waals surface area contributed by atoms with Crippen molar-refractivity contribution >= 4 is 11.8 Å². The van der Waals surface area contributed by atoms with Crippen LogP contribution in [0, 0.1) is 5.82 Å². The Bertz CT molecular complexity index is 237. The van der Waals surface area contributed by atoms with Crippen LogP contribution in [-0.2, 0) is 0 Å². The molecule has 0 radical (unpaired) electrons. The molecule has 1 nitrogen and oxygen atoms in total. The molecular formula is C8H9FOS. The van der Waals surface area contributed by atoms with Gasteiger partial charge in [-0.05, 0) is 25.1 Å². The summed E-state index contributed by atoms with van der Waals surface area (Å²) in [6.07, 6.45) is 0. The Labute approximate surface area is 69.2 Å². The minimum Gasteiger partial charge on any atom is -0.382 e. The Kier molecular flexibility index (Phi) is 2.91. The van der Waals surface area contributed by atoms with Gasteiger partial charge < -0.3 is 5.11 Å². The summed E-state index contributed by atoms with van der Waals surface area (Å²) >= 11 is 1.23. The summed E-state index contributed by atoms with van der Waals surface area (Å²) in [5.74, 6) is -0.268. The molecule has 1 aromatic carbocycles. The SMILES string of the molecule is CC(O)Sc1cccc(F)c1. The molecule has 3 heteroatoms. The summed E-state index contributed by atoms with van der Waals surface area (Å²) in [4.78, 5) is 0.750. The number of hydrogen-bond donors (Lipinski definition) is 1. The van der Waals surface area contributed by atoms with E-state index in [9.17, 15) is 4.39 Å². The van der Waals surface area contributed by atoms with E-state index in [2.05, 4.69) is 0 Å². The van der Waals surface area contributed by atoms with Crippen molar-refractivity contribution in [3.63, 3.8) is 0 Å². The van der Waals surface area contributed by atoms with Crippen LogP contribution < -0.4 is 0 Å². The molecule has 11 heavy (non-hydrogen) atoms. The van der Waals surface area contributed by atoms with E-state index in [1.807, 2.05) is 0 Å². The molecule has 0 saturated heterocycles. The first-order valence-corrected chi connectivity index (χ1v) is 4.17. The van der Waals surface area contributed by atoms with Crippen LogP contribution in [0.15, 0.2) is 29.2 Å². The van der Waals surface area contributed by atoms with Crippen molar-refractivity contribution in [1.82, 2.24) is 0 Å². The molecule has 0 spiro atoms. The first-order chi connectivity index (χ1) is 5.18. The highest BCUT2D eigenvalue weighted by molar-refractivity contribution is 7.99. The highest BCUT2D eigenvalue weighted by Crippen LogP contribution is 2.21. The van der Waals surface area contributed by atoms with Crippen molar-refractivity contribution in [3.05, 3.63) is 30.1 Å². The van der Waals surface area contributed by atoms with E-state index in [-0.39, 0.29) is 5.82 Å². The molecule has 0 saturated carbocycles. The van der Waals surface area contributed by atoms with Crippen molar-refractivity contribution in [3.8, 4) is 0 Å². The molecule has 1 unspecified atom stereocenters. The summed E-state index contributed by atoms with van der Waals surface area (Å²) < 4.78 is 12.5. The molecule has 0 aromatic heterocycles. The Morgan fingerprint density at radius 2 is 2.27 bits per heavy atom. The summed E-state index contributed by atoms with van der Waals surface area (Å²) in [5.41, 5.74) is -0.489. The molecule has 0 aliphatic heterocycles. The molecule has 0 fully saturated rings. The monoisotopic (exact) mass is 172 g/mol. The predicted octanol–water partition coefficient (Wildman–Crippen LogP) is 2.26.